The quantitative estimate of drug-likeness (QED) is 0.448. The summed E-state index contributed by atoms with van der Waals surface area (Å²) < 4.78 is 5.23. The zero-order chi connectivity index (χ0) is 29.5. The standard InChI is InChI=1S/C32H41N5O5/c1-42-26-11-7-10-25(20-26)34-30(39)22-37-28-13-6-5-12-27(28)31(40)36(32(37)41)19-16-29(38)33-24-14-17-35(18-15-24)21-23-8-3-2-4-9-23/h2-4,7-11,20,24,27-28H,5-6,12-19,21-22H2,1H3,(H,33,38)(H,34,39). The third-order valence-corrected chi connectivity index (χ3v) is 8.62. The van der Waals surface area contributed by atoms with Crippen LogP contribution in [0.1, 0.15) is 50.5 Å². The first-order valence-corrected chi connectivity index (χ1v) is 15.0. The molecule has 2 N–H and O–H groups in total. The van der Waals surface area contributed by atoms with Crippen LogP contribution in [0.4, 0.5) is 10.5 Å². The van der Waals surface area contributed by atoms with Crippen molar-refractivity contribution in [2.45, 2.75) is 63.6 Å². The third kappa shape index (κ3) is 7.28. The van der Waals surface area contributed by atoms with Crippen molar-refractivity contribution in [2.24, 2.45) is 5.92 Å². The molecule has 2 atom stereocenters. The number of hydrogen-bond acceptors (Lipinski definition) is 6. The molecule has 0 radical (unpaired) electrons. The first-order valence-electron chi connectivity index (χ1n) is 15.0. The van der Waals surface area contributed by atoms with Crippen molar-refractivity contribution >= 4 is 29.4 Å². The van der Waals surface area contributed by atoms with Crippen molar-refractivity contribution in [3.05, 3.63) is 60.2 Å². The molecule has 1 saturated carbocycles. The lowest BCUT2D eigenvalue weighted by Crippen LogP contribution is -2.63. The van der Waals surface area contributed by atoms with Crippen LogP contribution in [-0.2, 0) is 20.9 Å². The molecule has 5 amide bonds. The van der Waals surface area contributed by atoms with E-state index >= 15 is 0 Å². The van der Waals surface area contributed by atoms with E-state index in [1.54, 1.807) is 31.4 Å². The van der Waals surface area contributed by atoms with Crippen LogP contribution in [0.25, 0.3) is 0 Å². The van der Waals surface area contributed by atoms with E-state index in [1.165, 1.54) is 15.4 Å². The number of likely N-dealkylation sites (tertiary alicyclic amines) is 1. The van der Waals surface area contributed by atoms with Gasteiger partial charge in [0.2, 0.25) is 17.7 Å². The topological polar surface area (TPSA) is 111 Å². The van der Waals surface area contributed by atoms with Gasteiger partial charge in [0.05, 0.1) is 13.0 Å². The predicted molar refractivity (Wildman–Crippen MR) is 159 cm³/mol. The molecule has 3 aliphatic rings. The molecule has 2 aromatic rings. The highest BCUT2D eigenvalue weighted by Crippen LogP contribution is 2.34. The number of rotatable bonds is 10. The zero-order valence-corrected chi connectivity index (χ0v) is 24.3. The molecule has 0 spiro atoms. The number of hydrogen-bond donors (Lipinski definition) is 2. The van der Waals surface area contributed by atoms with Crippen LogP contribution in [-0.4, -0.2) is 83.8 Å². The van der Waals surface area contributed by atoms with Crippen molar-refractivity contribution in [3.8, 4) is 5.75 Å². The number of carbonyl (C=O) groups is 4. The Morgan fingerprint density at radius 3 is 2.45 bits per heavy atom. The molecule has 0 bridgehead atoms. The van der Waals surface area contributed by atoms with Gasteiger partial charge in [0.15, 0.2) is 0 Å². The van der Waals surface area contributed by atoms with Gasteiger partial charge in [0.25, 0.3) is 0 Å². The fourth-order valence-corrected chi connectivity index (χ4v) is 6.40. The highest BCUT2D eigenvalue weighted by molar-refractivity contribution is 6.02. The van der Waals surface area contributed by atoms with E-state index in [4.69, 9.17) is 4.74 Å². The fraction of sp³-hybridized carbons (Fsp3) is 0.500. The Labute approximate surface area is 247 Å². The number of carbonyl (C=O) groups excluding carboxylic acids is 4. The number of piperidine rings is 1. The van der Waals surface area contributed by atoms with Gasteiger partial charge in [-0.3, -0.25) is 24.2 Å². The normalized spacial score (nSPS) is 21.5. The van der Waals surface area contributed by atoms with Crippen LogP contribution >= 0.6 is 0 Å². The monoisotopic (exact) mass is 575 g/mol. The van der Waals surface area contributed by atoms with Crippen LogP contribution in [0.3, 0.4) is 0 Å². The molecule has 5 rings (SSSR count). The number of anilines is 1. The first-order chi connectivity index (χ1) is 20.4. The number of urea groups is 1. The minimum Gasteiger partial charge on any atom is -0.497 e. The van der Waals surface area contributed by atoms with Gasteiger partial charge < -0.3 is 20.3 Å². The number of nitrogens with zero attached hydrogens (tertiary/aromatic N) is 3. The van der Waals surface area contributed by atoms with Gasteiger partial charge in [-0.15, -0.1) is 0 Å². The maximum Gasteiger partial charge on any atom is 0.327 e. The van der Waals surface area contributed by atoms with E-state index in [2.05, 4.69) is 27.7 Å². The number of methoxy groups -OCH3 is 1. The zero-order valence-electron chi connectivity index (χ0n) is 24.3. The van der Waals surface area contributed by atoms with Crippen LogP contribution in [0, 0.1) is 5.92 Å². The average Bonchev–Trinajstić information content (AvgIpc) is 3.01. The van der Waals surface area contributed by atoms with E-state index in [1.807, 2.05) is 18.2 Å². The van der Waals surface area contributed by atoms with Crippen molar-refractivity contribution in [2.75, 3.05) is 38.6 Å². The van der Waals surface area contributed by atoms with Crippen molar-refractivity contribution in [1.82, 2.24) is 20.0 Å². The molecule has 2 aromatic carbocycles. The molecule has 10 heteroatoms. The lowest BCUT2D eigenvalue weighted by atomic mass is 9.81. The van der Waals surface area contributed by atoms with Gasteiger partial charge in [-0.1, -0.05) is 49.2 Å². The van der Waals surface area contributed by atoms with Crippen LogP contribution in [0.15, 0.2) is 54.6 Å². The lowest BCUT2D eigenvalue weighted by Gasteiger charge is -2.46. The molecule has 1 aliphatic carbocycles. The van der Waals surface area contributed by atoms with E-state index in [0.29, 0.717) is 24.3 Å². The Bertz CT molecular complexity index is 1260. The molecule has 2 heterocycles. The summed E-state index contributed by atoms with van der Waals surface area (Å²) >= 11 is 0. The Morgan fingerprint density at radius 2 is 1.69 bits per heavy atom. The third-order valence-electron chi connectivity index (χ3n) is 8.62. The number of benzene rings is 2. The second-order valence-corrected chi connectivity index (χ2v) is 11.5. The minimum absolute atomic E-state index is 0.00752. The maximum atomic E-state index is 13.6. The summed E-state index contributed by atoms with van der Waals surface area (Å²) in [6, 6.07) is 16.7. The average molecular weight is 576 g/mol. The summed E-state index contributed by atoms with van der Waals surface area (Å²) in [6.45, 7) is 2.55. The molecule has 2 saturated heterocycles. The van der Waals surface area contributed by atoms with Gasteiger partial charge in [0, 0.05) is 56.4 Å². The number of ether oxygens (including phenoxy) is 1. The van der Waals surface area contributed by atoms with Gasteiger partial charge in [-0.25, -0.2) is 4.79 Å². The summed E-state index contributed by atoms with van der Waals surface area (Å²) in [5, 5.41) is 5.94. The smallest absolute Gasteiger partial charge is 0.327 e. The van der Waals surface area contributed by atoms with Gasteiger partial charge >= 0.3 is 6.03 Å². The number of nitrogens with one attached hydrogen (secondary N) is 2. The second kappa shape index (κ2) is 13.8. The lowest BCUT2D eigenvalue weighted by molar-refractivity contribution is -0.142. The molecule has 3 fully saturated rings. The number of fused-ring (bicyclic) bond motifs is 1. The molecule has 224 valence electrons. The largest absolute Gasteiger partial charge is 0.497 e. The number of imide groups is 1. The first kappa shape index (κ1) is 29.6. The maximum absolute atomic E-state index is 13.6. The van der Waals surface area contributed by atoms with E-state index in [9.17, 15) is 19.2 Å². The summed E-state index contributed by atoms with van der Waals surface area (Å²) in [5.74, 6) is -0.465. The number of amides is 5. The summed E-state index contributed by atoms with van der Waals surface area (Å²) in [7, 11) is 1.55. The predicted octanol–water partition coefficient (Wildman–Crippen LogP) is 3.63. The molecule has 42 heavy (non-hydrogen) atoms. The molecular weight excluding hydrogens is 534 g/mol. The van der Waals surface area contributed by atoms with E-state index < -0.39 is 6.03 Å². The van der Waals surface area contributed by atoms with Crippen molar-refractivity contribution in [1.29, 1.82) is 0 Å². The van der Waals surface area contributed by atoms with Gasteiger partial charge in [-0.2, -0.15) is 0 Å². The van der Waals surface area contributed by atoms with Gasteiger partial charge in [0.1, 0.15) is 12.3 Å². The SMILES string of the molecule is COc1cccc(NC(=O)CN2C(=O)N(CCC(=O)NC3CCN(Cc4ccccc4)CC3)C(=O)C3CCCCC32)c1. The fourth-order valence-electron chi connectivity index (χ4n) is 6.40. The Hall–Kier alpha value is -3.92. The van der Waals surface area contributed by atoms with Crippen molar-refractivity contribution < 1.29 is 23.9 Å². The summed E-state index contributed by atoms with van der Waals surface area (Å²) in [4.78, 5) is 57.9. The summed E-state index contributed by atoms with van der Waals surface area (Å²) in [6.07, 6.45) is 4.94. The van der Waals surface area contributed by atoms with Crippen LogP contribution < -0.4 is 15.4 Å². The Morgan fingerprint density at radius 1 is 0.929 bits per heavy atom. The second-order valence-electron chi connectivity index (χ2n) is 11.5. The highest BCUT2D eigenvalue weighted by Gasteiger charge is 2.47. The van der Waals surface area contributed by atoms with E-state index in [-0.39, 0.29) is 55.2 Å². The molecule has 2 aliphatic heterocycles. The Kier molecular flexibility index (Phi) is 9.74. The molecule has 10 nitrogen and oxygen atoms in total. The van der Waals surface area contributed by atoms with Crippen LogP contribution in [0.5, 0.6) is 5.75 Å². The van der Waals surface area contributed by atoms with Crippen molar-refractivity contribution in [3.63, 3.8) is 0 Å². The van der Waals surface area contributed by atoms with Crippen LogP contribution in [0.2, 0.25) is 0 Å². The summed E-state index contributed by atoms with van der Waals surface area (Å²) in [5.41, 5.74) is 1.85. The molecule has 2 unspecified atom stereocenters. The molecular formula is C32H41N5O5. The van der Waals surface area contributed by atoms with E-state index in [0.717, 1.165) is 45.3 Å². The minimum atomic E-state index is -0.494. The highest BCUT2D eigenvalue weighted by atomic mass is 16.5. The Balaban J connectivity index is 1.14. The van der Waals surface area contributed by atoms with Gasteiger partial charge in [-0.05, 0) is 43.4 Å². The molecule has 0 aromatic heterocycles.